The van der Waals surface area contributed by atoms with Crippen molar-refractivity contribution >= 4 is 5.91 Å². The Morgan fingerprint density at radius 3 is 3.08 bits per heavy atom. The van der Waals surface area contributed by atoms with Gasteiger partial charge in [0.05, 0.1) is 24.9 Å². The molecule has 1 unspecified atom stereocenters. The van der Waals surface area contributed by atoms with Gasteiger partial charge in [0.1, 0.15) is 5.69 Å². The molecule has 4 rings (SSSR count). The van der Waals surface area contributed by atoms with Crippen LogP contribution in [-0.4, -0.2) is 39.2 Å². The maximum atomic E-state index is 13.6. The van der Waals surface area contributed by atoms with E-state index in [1.54, 1.807) is 4.68 Å². The molecule has 1 aliphatic carbocycles. The van der Waals surface area contributed by atoms with E-state index in [-0.39, 0.29) is 12.6 Å². The molecule has 1 atom stereocenters. The number of carbonyl (C=O) groups excluding carboxylic acids is 1. The van der Waals surface area contributed by atoms with Crippen LogP contribution in [0.3, 0.4) is 0 Å². The van der Waals surface area contributed by atoms with Gasteiger partial charge in [0, 0.05) is 12.1 Å². The maximum absolute atomic E-state index is 13.6. The Bertz CT molecular complexity index is 785. The van der Waals surface area contributed by atoms with Crippen LogP contribution < -0.4 is 5.32 Å². The summed E-state index contributed by atoms with van der Waals surface area (Å²) >= 11 is 0. The third-order valence-electron chi connectivity index (χ3n) is 4.55. The van der Waals surface area contributed by atoms with E-state index in [0.29, 0.717) is 26.0 Å². The van der Waals surface area contributed by atoms with Crippen LogP contribution in [-0.2, 0) is 22.7 Å². The second kappa shape index (κ2) is 5.66. The number of rotatable bonds is 4. The lowest BCUT2D eigenvalue weighted by molar-refractivity contribution is -0.128. The molecule has 1 amide bonds. The van der Waals surface area contributed by atoms with Crippen LogP contribution in [0.2, 0.25) is 0 Å². The van der Waals surface area contributed by atoms with Gasteiger partial charge in [-0.2, -0.15) is 0 Å². The van der Waals surface area contributed by atoms with E-state index in [2.05, 4.69) is 21.7 Å². The number of amides is 1. The SMILES string of the molecule is Cc1cccc(-c2nnn3c2COC(CNC(=O)C2(F)CC2)C3)c1. The lowest BCUT2D eigenvalue weighted by Gasteiger charge is -2.24. The maximum Gasteiger partial charge on any atom is 0.257 e. The highest BCUT2D eigenvalue weighted by atomic mass is 19.1. The lowest BCUT2D eigenvalue weighted by atomic mass is 10.1. The first-order chi connectivity index (χ1) is 11.5. The number of carbonyl (C=O) groups is 1. The summed E-state index contributed by atoms with van der Waals surface area (Å²) < 4.78 is 21.2. The number of aryl methyl sites for hydroxylation is 1. The highest BCUT2D eigenvalue weighted by molar-refractivity contribution is 5.87. The Morgan fingerprint density at radius 1 is 1.50 bits per heavy atom. The highest BCUT2D eigenvalue weighted by Crippen LogP contribution is 2.39. The summed E-state index contributed by atoms with van der Waals surface area (Å²) in [6.07, 6.45) is 0.408. The summed E-state index contributed by atoms with van der Waals surface area (Å²) in [5, 5.41) is 11.1. The minimum Gasteiger partial charge on any atom is -0.368 e. The summed E-state index contributed by atoms with van der Waals surface area (Å²) in [5.74, 6) is -0.532. The predicted octanol–water partition coefficient (Wildman–Crippen LogP) is 1.77. The van der Waals surface area contributed by atoms with Gasteiger partial charge in [0.15, 0.2) is 5.67 Å². The number of benzene rings is 1. The third kappa shape index (κ3) is 2.80. The molecule has 126 valence electrons. The molecule has 0 saturated heterocycles. The zero-order valence-electron chi connectivity index (χ0n) is 13.5. The van der Waals surface area contributed by atoms with Crippen LogP contribution in [0.4, 0.5) is 4.39 Å². The molecule has 2 heterocycles. The van der Waals surface area contributed by atoms with E-state index in [1.807, 2.05) is 25.1 Å². The molecule has 1 aliphatic heterocycles. The number of alkyl halides is 1. The van der Waals surface area contributed by atoms with Gasteiger partial charge in [-0.05, 0) is 25.8 Å². The van der Waals surface area contributed by atoms with Crippen molar-refractivity contribution in [3.05, 3.63) is 35.5 Å². The van der Waals surface area contributed by atoms with Crippen LogP contribution in [0.5, 0.6) is 0 Å². The first-order valence-electron chi connectivity index (χ1n) is 8.13. The first kappa shape index (κ1) is 15.3. The van der Waals surface area contributed by atoms with Gasteiger partial charge in [0.2, 0.25) is 0 Å². The van der Waals surface area contributed by atoms with Crippen molar-refractivity contribution in [1.29, 1.82) is 0 Å². The summed E-state index contributed by atoms with van der Waals surface area (Å²) in [6.45, 7) is 3.18. The van der Waals surface area contributed by atoms with Crippen molar-refractivity contribution in [3.8, 4) is 11.3 Å². The average Bonchev–Trinajstić information content (AvgIpc) is 3.19. The molecule has 0 spiro atoms. The number of halogens is 1. The molecule has 1 saturated carbocycles. The molecule has 1 fully saturated rings. The third-order valence-corrected chi connectivity index (χ3v) is 4.55. The number of fused-ring (bicyclic) bond motifs is 1. The summed E-state index contributed by atoms with van der Waals surface area (Å²) in [7, 11) is 0. The lowest BCUT2D eigenvalue weighted by Crippen LogP contribution is -2.42. The smallest absolute Gasteiger partial charge is 0.257 e. The Morgan fingerprint density at radius 2 is 2.33 bits per heavy atom. The molecule has 1 aromatic carbocycles. The zero-order valence-corrected chi connectivity index (χ0v) is 13.5. The minimum atomic E-state index is -1.65. The second-order valence-corrected chi connectivity index (χ2v) is 6.54. The number of hydrogen-bond acceptors (Lipinski definition) is 4. The molecular formula is C17H19FN4O2. The van der Waals surface area contributed by atoms with E-state index in [9.17, 15) is 9.18 Å². The first-order valence-corrected chi connectivity index (χ1v) is 8.13. The van der Waals surface area contributed by atoms with Crippen molar-refractivity contribution in [2.24, 2.45) is 0 Å². The van der Waals surface area contributed by atoms with Gasteiger partial charge >= 0.3 is 0 Å². The normalized spacial score (nSPS) is 21.2. The monoisotopic (exact) mass is 330 g/mol. The van der Waals surface area contributed by atoms with E-state index in [0.717, 1.165) is 22.5 Å². The van der Waals surface area contributed by atoms with Gasteiger partial charge in [-0.25, -0.2) is 9.07 Å². The quantitative estimate of drug-likeness (QED) is 0.928. The number of aromatic nitrogens is 3. The van der Waals surface area contributed by atoms with Crippen molar-refractivity contribution in [1.82, 2.24) is 20.3 Å². The molecule has 1 aromatic heterocycles. The molecule has 24 heavy (non-hydrogen) atoms. The number of ether oxygens (including phenoxy) is 1. The van der Waals surface area contributed by atoms with Crippen LogP contribution in [0.15, 0.2) is 24.3 Å². The summed E-state index contributed by atoms with van der Waals surface area (Å²) in [5.41, 5.74) is 2.27. The molecule has 0 radical (unpaired) electrons. The number of hydrogen-bond donors (Lipinski definition) is 1. The zero-order chi connectivity index (χ0) is 16.7. The Balaban J connectivity index is 1.44. The number of nitrogens with zero attached hydrogens (tertiary/aromatic N) is 3. The van der Waals surface area contributed by atoms with E-state index >= 15 is 0 Å². The van der Waals surface area contributed by atoms with E-state index < -0.39 is 11.6 Å². The minimum absolute atomic E-state index is 0.226. The molecule has 2 aliphatic rings. The van der Waals surface area contributed by atoms with E-state index in [4.69, 9.17) is 4.74 Å². The van der Waals surface area contributed by atoms with Gasteiger partial charge in [0.25, 0.3) is 5.91 Å². The van der Waals surface area contributed by atoms with Crippen LogP contribution in [0, 0.1) is 6.92 Å². The van der Waals surface area contributed by atoms with Crippen molar-refractivity contribution < 1.29 is 13.9 Å². The molecule has 0 bridgehead atoms. The van der Waals surface area contributed by atoms with Gasteiger partial charge < -0.3 is 10.1 Å². The Hall–Kier alpha value is -2.28. The summed E-state index contributed by atoms with van der Waals surface area (Å²) in [4.78, 5) is 11.7. The largest absolute Gasteiger partial charge is 0.368 e. The van der Waals surface area contributed by atoms with Crippen LogP contribution in [0.1, 0.15) is 24.1 Å². The summed E-state index contributed by atoms with van der Waals surface area (Å²) in [6, 6.07) is 8.09. The standard InChI is InChI=1S/C17H19FN4O2/c1-11-3-2-4-12(7-11)15-14-10-24-13(9-22(14)21-20-15)8-19-16(23)17(18)5-6-17/h2-4,7,13H,5-6,8-10H2,1H3,(H,19,23). The van der Waals surface area contributed by atoms with Gasteiger partial charge in [-0.15, -0.1) is 5.10 Å². The van der Waals surface area contributed by atoms with Crippen molar-refractivity contribution in [3.63, 3.8) is 0 Å². The Kier molecular flexibility index (Phi) is 3.60. The Labute approximate surface area is 139 Å². The van der Waals surface area contributed by atoms with Gasteiger partial charge in [-0.1, -0.05) is 29.0 Å². The fourth-order valence-electron chi connectivity index (χ4n) is 2.91. The fraction of sp³-hybridized carbons (Fsp3) is 0.471. The molecule has 2 aromatic rings. The second-order valence-electron chi connectivity index (χ2n) is 6.54. The van der Waals surface area contributed by atoms with Crippen molar-refractivity contribution in [2.75, 3.05) is 6.54 Å². The average molecular weight is 330 g/mol. The molecular weight excluding hydrogens is 311 g/mol. The number of nitrogens with one attached hydrogen (secondary N) is 1. The molecule has 6 nitrogen and oxygen atoms in total. The topological polar surface area (TPSA) is 69.0 Å². The molecule has 7 heteroatoms. The van der Waals surface area contributed by atoms with Crippen LogP contribution in [0.25, 0.3) is 11.3 Å². The van der Waals surface area contributed by atoms with Crippen molar-refractivity contribution in [2.45, 2.75) is 44.7 Å². The molecule has 1 N–H and O–H groups in total. The fourth-order valence-corrected chi connectivity index (χ4v) is 2.91. The van der Waals surface area contributed by atoms with E-state index in [1.165, 1.54) is 0 Å². The predicted molar refractivity (Wildman–Crippen MR) is 84.9 cm³/mol. The van der Waals surface area contributed by atoms with Gasteiger partial charge in [-0.3, -0.25) is 4.79 Å². The van der Waals surface area contributed by atoms with Crippen LogP contribution >= 0.6 is 0 Å². The highest BCUT2D eigenvalue weighted by Gasteiger charge is 2.50.